The highest BCUT2D eigenvalue weighted by Crippen LogP contribution is 2.25. The third-order valence-electron chi connectivity index (χ3n) is 4.42. The molecule has 1 N–H and O–H groups in total. The van der Waals surface area contributed by atoms with E-state index in [1.165, 1.54) is 4.90 Å². The van der Waals surface area contributed by atoms with E-state index in [1.54, 1.807) is 26.0 Å². The van der Waals surface area contributed by atoms with Crippen LogP contribution in [-0.2, 0) is 15.3 Å². The number of H-pyrrole nitrogens is 1. The second-order valence-electron chi connectivity index (χ2n) is 6.13. The lowest BCUT2D eigenvalue weighted by molar-refractivity contribution is -0.136. The number of thioether (sulfide) groups is 1. The molecule has 0 spiro atoms. The number of unbranched alkanes of at least 4 members (excludes halogenated alkanes) is 1. The first-order chi connectivity index (χ1) is 12.7. The zero-order chi connectivity index (χ0) is 18.5. The second kappa shape index (κ2) is 8.36. The topological polar surface area (TPSA) is 66.1 Å². The molecule has 0 radical (unpaired) electrons. The minimum absolute atomic E-state index is 0.166. The van der Waals surface area contributed by atoms with Crippen molar-refractivity contribution in [2.24, 2.45) is 0 Å². The van der Waals surface area contributed by atoms with Crippen molar-refractivity contribution in [1.82, 2.24) is 14.9 Å². The number of allylic oxidation sites excluding steroid dienone is 2. The van der Waals surface area contributed by atoms with Crippen LogP contribution in [0.2, 0.25) is 0 Å². The monoisotopic (exact) mass is 369 g/mol. The number of benzene rings is 1. The van der Waals surface area contributed by atoms with Crippen LogP contribution >= 0.6 is 11.8 Å². The zero-order valence-electron chi connectivity index (χ0n) is 15.1. The summed E-state index contributed by atoms with van der Waals surface area (Å²) >= 11 is 1.81. The molecule has 1 fully saturated rings. The first kappa shape index (κ1) is 18.5. The van der Waals surface area contributed by atoms with Gasteiger partial charge in [0.05, 0.1) is 16.8 Å². The molecule has 2 amide bonds. The van der Waals surface area contributed by atoms with E-state index in [1.807, 2.05) is 36.0 Å². The van der Waals surface area contributed by atoms with Gasteiger partial charge in [-0.2, -0.15) is 11.8 Å². The molecule has 1 aromatic carbocycles. The van der Waals surface area contributed by atoms with Crippen molar-refractivity contribution in [3.05, 3.63) is 53.4 Å². The number of hydrogen-bond acceptors (Lipinski definition) is 4. The highest BCUT2D eigenvalue weighted by Gasteiger charge is 2.36. The summed E-state index contributed by atoms with van der Waals surface area (Å²) in [7, 11) is 0. The summed E-state index contributed by atoms with van der Waals surface area (Å²) < 4.78 is 0. The van der Waals surface area contributed by atoms with Gasteiger partial charge in [-0.25, -0.2) is 4.98 Å². The number of carbonyl (C=O) groups excluding carboxylic acids is 2. The number of aromatic nitrogens is 2. The van der Waals surface area contributed by atoms with Gasteiger partial charge < -0.3 is 4.98 Å². The highest BCUT2D eigenvalue weighted by molar-refractivity contribution is 7.98. The predicted octanol–water partition coefficient (Wildman–Crippen LogP) is 3.84. The van der Waals surface area contributed by atoms with Crippen LogP contribution in [0.3, 0.4) is 0 Å². The Labute approximate surface area is 157 Å². The first-order valence-electron chi connectivity index (χ1n) is 8.86. The Morgan fingerprint density at radius 1 is 1.08 bits per heavy atom. The Hall–Kier alpha value is -2.34. The number of likely N-dealkylation sites (tertiary alicyclic amines) is 1. The number of amides is 2. The van der Waals surface area contributed by atoms with Gasteiger partial charge in [-0.1, -0.05) is 24.3 Å². The molecule has 0 aliphatic carbocycles. The van der Waals surface area contributed by atoms with Gasteiger partial charge >= 0.3 is 0 Å². The lowest BCUT2D eigenvalue weighted by Crippen LogP contribution is -2.30. The Bertz CT molecular complexity index is 819. The lowest BCUT2D eigenvalue weighted by Gasteiger charge is -2.12. The molecule has 0 saturated carbocycles. The fourth-order valence-electron chi connectivity index (χ4n) is 3.09. The van der Waals surface area contributed by atoms with E-state index in [0.717, 1.165) is 41.2 Å². The quantitative estimate of drug-likeness (QED) is 0.457. The molecule has 5 nitrogen and oxygen atoms in total. The number of imidazole rings is 1. The normalized spacial score (nSPS) is 18.0. The summed E-state index contributed by atoms with van der Waals surface area (Å²) in [5.41, 5.74) is 3.11. The predicted molar refractivity (Wildman–Crippen MR) is 106 cm³/mol. The van der Waals surface area contributed by atoms with Crippen molar-refractivity contribution in [2.75, 3.05) is 12.3 Å². The average Bonchev–Trinajstić information content (AvgIpc) is 3.16. The summed E-state index contributed by atoms with van der Waals surface area (Å²) in [6.45, 7) is 4.07. The number of imide groups is 1. The van der Waals surface area contributed by atoms with Crippen LogP contribution in [0.5, 0.6) is 0 Å². The SMILES string of the molecule is C/C=C1/C(=O)N(CCCCSCc2nc3ccccc3[nH]2)C(=O)/C1=C/C. The lowest BCUT2D eigenvalue weighted by atomic mass is 10.1. The third kappa shape index (κ3) is 3.75. The Balaban J connectivity index is 1.42. The van der Waals surface area contributed by atoms with Crippen LogP contribution in [0.1, 0.15) is 32.5 Å². The average molecular weight is 369 g/mol. The van der Waals surface area contributed by atoms with E-state index in [0.29, 0.717) is 17.7 Å². The maximum atomic E-state index is 12.3. The van der Waals surface area contributed by atoms with E-state index in [9.17, 15) is 9.59 Å². The third-order valence-corrected chi connectivity index (χ3v) is 5.47. The van der Waals surface area contributed by atoms with Crippen LogP contribution in [0.4, 0.5) is 0 Å². The summed E-state index contributed by atoms with van der Waals surface area (Å²) in [6.07, 6.45) is 5.22. The van der Waals surface area contributed by atoms with Crippen molar-refractivity contribution < 1.29 is 9.59 Å². The molecule has 6 heteroatoms. The van der Waals surface area contributed by atoms with Gasteiger partial charge in [-0.05, 0) is 44.6 Å². The maximum absolute atomic E-state index is 12.3. The molecule has 1 aliphatic rings. The van der Waals surface area contributed by atoms with Crippen LogP contribution in [0, 0.1) is 0 Å². The number of para-hydroxylation sites is 2. The molecule has 2 heterocycles. The van der Waals surface area contributed by atoms with Crippen molar-refractivity contribution in [2.45, 2.75) is 32.4 Å². The zero-order valence-corrected chi connectivity index (χ0v) is 15.9. The van der Waals surface area contributed by atoms with E-state index < -0.39 is 0 Å². The molecule has 1 saturated heterocycles. The molecule has 1 aromatic heterocycles. The largest absolute Gasteiger partial charge is 0.341 e. The summed E-state index contributed by atoms with van der Waals surface area (Å²) in [6, 6.07) is 8.01. The van der Waals surface area contributed by atoms with Gasteiger partial charge in [0.1, 0.15) is 5.82 Å². The number of nitrogens with zero attached hydrogens (tertiary/aromatic N) is 2. The van der Waals surface area contributed by atoms with Crippen LogP contribution in [0.25, 0.3) is 11.0 Å². The van der Waals surface area contributed by atoms with Gasteiger partial charge in [-0.3, -0.25) is 14.5 Å². The van der Waals surface area contributed by atoms with Crippen molar-refractivity contribution >= 4 is 34.6 Å². The van der Waals surface area contributed by atoms with Crippen molar-refractivity contribution in [3.63, 3.8) is 0 Å². The number of nitrogens with one attached hydrogen (secondary N) is 1. The molecular formula is C20H23N3O2S. The molecule has 0 bridgehead atoms. The minimum Gasteiger partial charge on any atom is -0.341 e. The fourth-order valence-corrected chi connectivity index (χ4v) is 3.97. The van der Waals surface area contributed by atoms with Gasteiger partial charge in [0.2, 0.25) is 0 Å². The summed E-state index contributed by atoms with van der Waals surface area (Å²) in [5, 5.41) is 0. The number of aromatic amines is 1. The number of carbonyl (C=O) groups is 2. The van der Waals surface area contributed by atoms with Gasteiger partial charge in [0.25, 0.3) is 11.8 Å². The van der Waals surface area contributed by atoms with E-state index in [2.05, 4.69) is 9.97 Å². The number of rotatable bonds is 7. The summed E-state index contributed by atoms with van der Waals surface area (Å²) in [4.78, 5) is 33.8. The smallest absolute Gasteiger partial charge is 0.261 e. The van der Waals surface area contributed by atoms with Gasteiger partial charge in [-0.15, -0.1) is 0 Å². The molecule has 1 aliphatic heterocycles. The Morgan fingerprint density at radius 2 is 1.77 bits per heavy atom. The standard InChI is InChI=1S/C20H23N3O2S/c1-3-14-15(4-2)20(25)23(19(14)24)11-7-8-12-26-13-18-21-16-9-5-6-10-17(16)22-18/h3-6,9-10H,7-8,11-13H2,1-2H3,(H,21,22)/b14-3+,15-4+. The molecule has 26 heavy (non-hydrogen) atoms. The fraction of sp³-hybridized carbons (Fsp3) is 0.350. The van der Waals surface area contributed by atoms with E-state index >= 15 is 0 Å². The van der Waals surface area contributed by atoms with E-state index in [-0.39, 0.29) is 11.8 Å². The van der Waals surface area contributed by atoms with E-state index in [4.69, 9.17) is 0 Å². The number of fused-ring (bicyclic) bond motifs is 1. The van der Waals surface area contributed by atoms with Crippen LogP contribution < -0.4 is 0 Å². The highest BCUT2D eigenvalue weighted by atomic mass is 32.2. The summed E-state index contributed by atoms with van der Waals surface area (Å²) in [5.74, 6) is 2.46. The van der Waals surface area contributed by atoms with Crippen LogP contribution in [-0.4, -0.2) is 39.0 Å². The molecule has 136 valence electrons. The van der Waals surface area contributed by atoms with Crippen molar-refractivity contribution in [3.8, 4) is 0 Å². The molecule has 3 rings (SSSR count). The second-order valence-corrected chi connectivity index (χ2v) is 7.23. The molecule has 0 atom stereocenters. The Kier molecular flexibility index (Phi) is 5.93. The van der Waals surface area contributed by atoms with Crippen LogP contribution in [0.15, 0.2) is 47.6 Å². The van der Waals surface area contributed by atoms with Crippen molar-refractivity contribution in [1.29, 1.82) is 0 Å². The molecule has 0 unspecified atom stereocenters. The van der Waals surface area contributed by atoms with Gasteiger partial charge in [0, 0.05) is 17.7 Å². The molecule has 2 aromatic rings. The van der Waals surface area contributed by atoms with Gasteiger partial charge in [0.15, 0.2) is 0 Å². The maximum Gasteiger partial charge on any atom is 0.261 e. The first-order valence-corrected chi connectivity index (χ1v) is 10.0. The Morgan fingerprint density at radius 3 is 2.42 bits per heavy atom. The number of hydrogen-bond donors (Lipinski definition) is 1. The molecular weight excluding hydrogens is 346 g/mol. The minimum atomic E-state index is -0.166.